The molecule has 1 aromatic rings. The summed E-state index contributed by atoms with van der Waals surface area (Å²) in [6.07, 6.45) is 0.0484. The maximum atomic E-state index is 12.1. The van der Waals surface area contributed by atoms with Crippen LogP contribution in [0.2, 0.25) is 0 Å². The molecule has 110 valence electrons. The van der Waals surface area contributed by atoms with Crippen LogP contribution in [0.1, 0.15) is 43.1 Å². The smallest absolute Gasteiger partial charge is 0.304 e. The molecule has 20 heavy (non-hydrogen) atoms. The summed E-state index contributed by atoms with van der Waals surface area (Å²) in [6.45, 7) is 7.00. The molecule has 0 radical (unpaired) electrons. The zero-order valence-electron chi connectivity index (χ0n) is 12.6. The normalized spacial score (nSPS) is 11.7. The molecule has 0 spiro atoms. The first-order valence-electron chi connectivity index (χ1n) is 6.74. The zero-order valence-corrected chi connectivity index (χ0v) is 12.6. The quantitative estimate of drug-likeness (QED) is 0.812. The maximum absolute atomic E-state index is 12.1. The van der Waals surface area contributed by atoms with Crippen molar-refractivity contribution in [3.8, 4) is 0 Å². The van der Waals surface area contributed by atoms with Crippen molar-refractivity contribution in [1.29, 1.82) is 0 Å². The van der Waals surface area contributed by atoms with Crippen molar-refractivity contribution in [2.45, 2.75) is 32.6 Å². The monoisotopic (exact) mass is 277 g/mol. The van der Waals surface area contributed by atoms with E-state index >= 15 is 0 Å². The van der Waals surface area contributed by atoms with Gasteiger partial charge in [-0.1, -0.05) is 45.0 Å². The molecule has 0 aliphatic carbocycles. The summed E-state index contributed by atoms with van der Waals surface area (Å²) in [5.41, 5.74) is 1.92. The summed E-state index contributed by atoms with van der Waals surface area (Å²) in [7, 11) is 1.75. The van der Waals surface area contributed by atoms with Crippen LogP contribution in [0.25, 0.3) is 0 Å². The average molecular weight is 277 g/mol. The minimum absolute atomic E-state index is 0.0124. The van der Waals surface area contributed by atoms with Crippen LogP contribution >= 0.6 is 0 Å². The minimum atomic E-state index is -0.848. The molecule has 1 rings (SSSR count). The van der Waals surface area contributed by atoms with Crippen molar-refractivity contribution in [3.63, 3.8) is 0 Å². The van der Waals surface area contributed by atoms with E-state index < -0.39 is 5.97 Å². The first-order chi connectivity index (χ1) is 9.20. The van der Waals surface area contributed by atoms with Crippen LogP contribution in [0, 0.1) is 0 Å². The second kappa shape index (κ2) is 6.66. The van der Waals surface area contributed by atoms with Gasteiger partial charge >= 0.3 is 5.97 Å². The summed E-state index contributed by atoms with van der Waals surface area (Å²) in [5.74, 6) is -0.836. The topological polar surface area (TPSA) is 57.6 Å². The standard InChI is InChI=1S/C16H23NO3/c1-16(2,3)13-7-5-12(6-8-13)14(18)11-17(4)10-9-15(19)20/h5-8H,9-11H2,1-4H3,(H,19,20). The number of Topliss-reactive ketones (excluding diaryl/α,β-unsaturated/α-hetero) is 1. The number of likely N-dealkylation sites (N-methyl/N-ethyl adjacent to an activating group) is 1. The van der Waals surface area contributed by atoms with Gasteiger partial charge in [0.05, 0.1) is 13.0 Å². The molecule has 0 aliphatic rings. The Morgan fingerprint density at radius 2 is 1.70 bits per heavy atom. The molecule has 0 fully saturated rings. The molecule has 0 heterocycles. The Kier molecular flexibility index (Phi) is 5.45. The Hall–Kier alpha value is -1.68. The van der Waals surface area contributed by atoms with Gasteiger partial charge in [-0.05, 0) is 18.0 Å². The number of ketones is 1. The fourth-order valence-electron chi connectivity index (χ4n) is 1.86. The number of carbonyl (C=O) groups is 2. The molecule has 1 N–H and O–H groups in total. The highest BCUT2D eigenvalue weighted by atomic mass is 16.4. The Bertz CT molecular complexity index is 471. The van der Waals surface area contributed by atoms with E-state index in [4.69, 9.17) is 5.11 Å². The SMILES string of the molecule is CN(CCC(=O)O)CC(=O)c1ccc(C(C)(C)C)cc1. The summed E-state index contributed by atoms with van der Waals surface area (Å²) < 4.78 is 0. The molecule has 0 saturated heterocycles. The number of hydrogen-bond acceptors (Lipinski definition) is 3. The molecular formula is C16H23NO3. The highest BCUT2D eigenvalue weighted by molar-refractivity contribution is 5.97. The largest absolute Gasteiger partial charge is 0.481 e. The Morgan fingerprint density at radius 3 is 2.15 bits per heavy atom. The number of carboxylic acids is 1. The Balaban J connectivity index is 2.62. The predicted octanol–water partition coefficient (Wildman–Crippen LogP) is 2.57. The molecule has 0 aromatic heterocycles. The minimum Gasteiger partial charge on any atom is -0.481 e. The fraction of sp³-hybridized carbons (Fsp3) is 0.500. The number of carboxylic acid groups (broad SMARTS) is 1. The summed E-state index contributed by atoms with van der Waals surface area (Å²) >= 11 is 0. The molecular weight excluding hydrogens is 254 g/mol. The van der Waals surface area contributed by atoms with E-state index in [0.717, 1.165) is 0 Å². The van der Waals surface area contributed by atoms with Crippen LogP contribution in [0.4, 0.5) is 0 Å². The van der Waals surface area contributed by atoms with E-state index in [0.29, 0.717) is 12.1 Å². The first kappa shape index (κ1) is 16.4. The van der Waals surface area contributed by atoms with Crippen LogP contribution in [0.3, 0.4) is 0 Å². The predicted molar refractivity (Wildman–Crippen MR) is 79.2 cm³/mol. The number of carbonyl (C=O) groups excluding carboxylic acids is 1. The zero-order chi connectivity index (χ0) is 15.3. The van der Waals surface area contributed by atoms with Crippen molar-refractivity contribution < 1.29 is 14.7 Å². The average Bonchev–Trinajstić information content (AvgIpc) is 2.35. The molecule has 0 unspecified atom stereocenters. The van der Waals surface area contributed by atoms with Gasteiger partial charge in [0.1, 0.15) is 0 Å². The lowest BCUT2D eigenvalue weighted by atomic mass is 9.86. The van der Waals surface area contributed by atoms with E-state index in [1.54, 1.807) is 11.9 Å². The van der Waals surface area contributed by atoms with Gasteiger partial charge in [0, 0.05) is 12.1 Å². The van der Waals surface area contributed by atoms with E-state index in [1.165, 1.54) is 5.56 Å². The Morgan fingerprint density at radius 1 is 1.15 bits per heavy atom. The van der Waals surface area contributed by atoms with Gasteiger partial charge in [0.15, 0.2) is 5.78 Å². The highest BCUT2D eigenvalue weighted by Crippen LogP contribution is 2.22. The van der Waals surface area contributed by atoms with Crippen molar-refractivity contribution in [3.05, 3.63) is 35.4 Å². The maximum Gasteiger partial charge on any atom is 0.304 e. The second-order valence-corrected chi connectivity index (χ2v) is 6.13. The number of hydrogen-bond donors (Lipinski definition) is 1. The van der Waals surface area contributed by atoms with Crippen LogP contribution < -0.4 is 0 Å². The lowest BCUT2D eigenvalue weighted by Gasteiger charge is -2.19. The number of benzene rings is 1. The third-order valence-corrected chi connectivity index (χ3v) is 3.19. The Labute approximate surface area is 120 Å². The van der Waals surface area contributed by atoms with E-state index in [1.807, 2.05) is 24.3 Å². The van der Waals surface area contributed by atoms with Crippen LogP contribution in [-0.2, 0) is 10.2 Å². The molecule has 1 aromatic carbocycles. The van der Waals surface area contributed by atoms with Gasteiger partial charge in [0.25, 0.3) is 0 Å². The van der Waals surface area contributed by atoms with Gasteiger partial charge in [-0.3, -0.25) is 14.5 Å². The fourth-order valence-corrected chi connectivity index (χ4v) is 1.86. The van der Waals surface area contributed by atoms with Crippen molar-refractivity contribution in [1.82, 2.24) is 4.90 Å². The van der Waals surface area contributed by atoms with Crippen molar-refractivity contribution in [2.75, 3.05) is 20.1 Å². The molecule has 4 nitrogen and oxygen atoms in total. The van der Waals surface area contributed by atoms with Crippen LogP contribution in [0.5, 0.6) is 0 Å². The van der Waals surface area contributed by atoms with Gasteiger partial charge in [-0.2, -0.15) is 0 Å². The molecule has 0 atom stereocenters. The van der Waals surface area contributed by atoms with Gasteiger partial charge in [-0.25, -0.2) is 0 Å². The van der Waals surface area contributed by atoms with E-state index in [2.05, 4.69) is 20.8 Å². The molecule has 0 saturated carbocycles. The first-order valence-corrected chi connectivity index (χ1v) is 6.74. The third-order valence-electron chi connectivity index (χ3n) is 3.19. The summed E-state index contributed by atoms with van der Waals surface area (Å²) in [6, 6.07) is 7.64. The van der Waals surface area contributed by atoms with E-state index in [-0.39, 0.29) is 24.2 Å². The van der Waals surface area contributed by atoms with Gasteiger partial charge < -0.3 is 5.11 Å². The second-order valence-electron chi connectivity index (χ2n) is 6.13. The number of rotatable bonds is 6. The molecule has 0 bridgehead atoms. The van der Waals surface area contributed by atoms with Crippen molar-refractivity contribution in [2.24, 2.45) is 0 Å². The lowest BCUT2D eigenvalue weighted by Crippen LogP contribution is -2.28. The number of nitrogens with zero attached hydrogens (tertiary/aromatic N) is 1. The number of aliphatic carboxylic acids is 1. The summed E-state index contributed by atoms with van der Waals surface area (Å²) in [4.78, 5) is 24.3. The van der Waals surface area contributed by atoms with Crippen LogP contribution in [-0.4, -0.2) is 41.9 Å². The van der Waals surface area contributed by atoms with E-state index in [9.17, 15) is 9.59 Å². The highest BCUT2D eigenvalue weighted by Gasteiger charge is 2.15. The van der Waals surface area contributed by atoms with Crippen molar-refractivity contribution >= 4 is 11.8 Å². The molecule has 0 aliphatic heterocycles. The van der Waals surface area contributed by atoms with Gasteiger partial charge in [-0.15, -0.1) is 0 Å². The molecule has 4 heteroatoms. The lowest BCUT2D eigenvalue weighted by molar-refractivity contribution is -0.137. The van der Waals surface area contributed by atoms with Gasteiger partial charge in [0.2, 0.25) is 0 Å². The van der Waals surface area contributed by atoms with Crippen LogP contribution in [0.15, 0.2) is 24.3 Å². The summed E-state index contributed by atoms with van der Waals surface area (Å²) in [5, 5.41) is 8.61. The molecule has 0 amide bonds. The third kappa shape index (κ3) is 5.13.